The highest BCUT2D eigenvalue weighted by molar-refractivity contribution is 5.92. The normalized spacial score (nSPS) is 28.7. The van der Waals surface area contributed by atoms with Crippen LogP contribution in [-0.4, -0.2) is 95.4 Å². The summed E-state index contributed by atoms with van der Waals surface area (Å²) in [6.07, 6.45) is 6.50. The number of likely N-dealkylation sites (tertiary alicyclic amines) is 2. The number of ether oxygens (including phenoxy) is 1. The topological polar surface area (TPSA) is 64.7 Å². The van der Waals surface area contributed by atoms with Gasteiger partial charge < -0.3 is 14.5 Å². The predicted molar refractivity (Wildman–Crippen MR) is 94.5 cm³/mol. The second-order valence-corrected chi connectivity index (χ2v) is 7.40. The lowest BCUT2D eigenvalue weighted by molar-refractivity contribution is -0.0727. The molecule has 1 N–H and O–H groups in total. The molecule has 0 bridgehead atoms. The number of aromatic amines is 1. The maximum Gasteiger partial charge on any atom is 0.271 e. The van der Waals surface area contributed by atoms with Gasteiger partial charge in [-0.3, -0.25) is 14.8 Å². The molecule has 25 heavy (non-hydrogen) atoms. The lowest BCUT2D eigenvalue weighted by Gasteiger charge is -2.41. The summed E-state index contributed by atoms with van der Waals surface area (Å²) in [5.41, 5.74) is 0.580. The van der Waals surface area contributed by atoms with Gasteiger partial charge in [0.2, 0.25) is 0 Å². The van der Waals surface area contributed by atoms with E-state index in [1.807, 2.05) is 4.90 Å². The number of carbonyl (C=O) groups excluding carboxylic acids is 1. The first-order valence-corrected chi connectivity index (χ1v) is 9.68. The summed E-state index contributed by atoms with van der Waals surface area (Å²) < 4.78 is 6.07. The molecule has 3 aliphatic heterocycles. The van der Waals surface area contributed by atoms with Crippen LogP contribution in [-0.2, 0) is 4.74 Å². The van der Waals surface area contributed by atoms with Crippen molar-refractivity contribution in [2.75, 3.05) is 52.4 Å². The number of fused-ring (bicyclic) bond motifs is 1. The third kappa shape index (κ3) is 3.88. The van der Waals surface area contributed by atoms with Crippen LogP contribution in [0.1, 0.15) is 36.2 Å². The van der Waals surface area contributed by atoms with Crippen molar-refractivity contribution in [1.82, 2.24) is 24.9 Å². The fourth-order valence-electron chi connectivity index (χ4n) is 4.46. The largest absolute Gasteiger partial charge is 0.375 e. The Balaban J connectivity index is 1.36. The van der Waals surface area contributed by atoms with Crippen molar-refractivity contribution in [1.29, 1.82) is 0 Å². The summed E-state index contributed by atoms with van der Waals surface area (Å²) in [6.45, 7) is 8.19. The van der Waals surface area contributed by atoms with Gasteiger partial charge in [-0.1, -0.05) is 0 Å². The molecule has 0 saturated carbocycles. The van der Waals surface area contributed by atoms with E-state index < -0.39 is 0 Å². The SMILES string of the molecule is O=C(c1ccn[nH]1)N1CC[C@@H]2[C@@H](CC1)OCCN2CCN1CCCC1. The van der Waals surface area contributed by atoms with Gasteiger partial charge in [0, 0.05) is 45.0 Å². The molecule has 0 radical (unpaired) electrons. The second-order valence-electron chi connectivity index (χ2n) is 7.40. The van der Waals surface area contributed by atoms with Crippen LogP contribution in [0.4, 0.5) is 0 Å². The third-order valence-corrected chi connectivity index (χ3v) is 5.91. The first-order chi connectivity index (χ1) is 12.3. The highest BCUT2D eigenvalue weighted by Crippen LogP contribution is 2.24. The Kier molecular flexibility index (Phi) is 5.33. The molecule has 1 aromatic rings. The Hall–Kier alpha value is -1.44. The fourth-order valence-corrected chi connectivity index (χ4v) is 4.46. The van der Waals surface area contributed by atoms with Gasteiger partial charge in [-0.25, -0.2) is 0 Å². The molecule has 1 amide bonds. The Morgan fingerprint density at radius 1 is 1.16 bits per heavy atom. The molecular weight excluding hydrogens is 318 g/mol. The summed E-state index contributed by atoms with van der Waals surface area (Å²) >= 11 is 0. The number of carbonyl (C=O) groups is 1. The van der Waals surface area contributed by atoms with Crippen LogP contribution in [0.3, 0.4) is 0 Å². The van der Waals surface area contributed by atoms with E-state index in [1.165, 1.54) is 32.5 Å². The lowest BCUT2D eigenvalue weighted by Crippen LogP contribution is -2.53. The molecule has 0 aliphatic carbocycles. The smallest absolute Gasteiger partial charge is 0.271 e. The van der Waals surface area contributed by atoms with Gasteiger partial charge in [0.1, 0.15) is 5.69 Å². The van der Waals surface area contributed by atoms with Crippen molar-refractivity contribution in [2.45, 2.75) is 37.8 Å². The van der Waals surface area contributed by atoms with Crippen LogP contribution in [0.15, 0.2) is 12.3 Å². The van der Waals surface area contributed by atoms with Gasteiger partial charge in [-0.05, 0) is 44.8 Å². The highest BCUT2D eigenvalue weighted by atomic mass is 16.5. The number of H-pyrrole nitrogens is 1. The van der Waals surface area contributed by atoms with Gasteiger partial charge in [0.25, 0.3) is 5.91 Å². The van der Waals surface area contributed by atoms with E-state index in [1.54, 1.807) is 12.3 Å². The van der Waals surface area contributed by atoms with Crippen LogP contribution >= 0.6 is 0 Å². The Morgan fingerprint density at radius 2 is 2.00 bits per heavy atom. The van der Waals surface area contributed by atoms with E-state index in [9.17, 15) is 4.79 Å². The minimum absolute atomic E-state index is 0.0553. The van der Waals surface area contributed by atoms with Crippen LogP contribution in [0, 0.1) is 0 Å². The molecule has 138 valence electrons. The van der Waals surface area contributed by atoms with Gasteiger partial charge in [0.15, 0.2) is 0 Å². The molecule has 4 heterocycles. The minimum atomic E-state index is 0.0553. The van der Waals surface area contributed by atoms with Crippen LogP contribution in [0.2, 0.25) is 0 Å². The zero-order chi connectivity index (χ0) is 17.1. The first kappa shape index (κ1) is 17.0. The maximum atomic E-state index is 12.6. The predicted octanol–water partition coefficient (Wildman–Crippen LogP) is 0.811. The number of hydrogen-bond donors (Lipinski definition) is 1. The number of nitrogens with zero attached hydrogens (tertiary/aromatic N) is 4. The van der Waals surface area contributed by atoms with E-state index in [4.69, 9.17) is 4.74 Å². The van der Waals surface area contributed by atoms with Crippen molar-refractivity contribution in [3.8, 4) is 0 Å². The van der Waals surface area contributed by atoms with Crippen LogP contribution in [0.25, 0.3) is 0 Å². The molecule has 0 aromatic carbocycles. The van der Waals surface area contributed by atoms with Crippen LogP contribution in [0.5, 0.6) is 0 Å². The van der Waals surface area contributed by atoms with Crippen LogP contribution < -0.4 is 0 Å². The van der Waals surface area contributed by atoms with Gasteiger partial charge in [0.05, 0.1) is 12.7 Å². The molecule has 3 saturated heterocycles. The molecule has 0 unspecified atom stereocenters. The number of aromatic nitrogens is 2. The van der Waals surface area contributed by atoms with E-state index in [2.05, 4.69) is 20.0 Å². The number of rotatable bonds is 4. The van der Waals surface area contributed by atoms with E-state index in [0.717, 1.165) is 45.6 Å². The van der Waals surface area contributed by atoms with Crippen molar-refractivity contribution in [3.05, 3.63) is 18.0 Å². The Labute approximate surface area is 149 Å². The Morgan fingerprint density at radius 3 is 2.80 bits per heavy atom. The molecule has 3 fully saturated rings. The van der Waals surface area contributed by atoms with E-state index in [-0.39, 0.29) is 12.0 Å². The first-order valence-electron chi connectivity index (χ1n) is 9.68. The third-order valence-electron chi connectivity index (χ3n) is 5.91. The summed E-state index contributed by atoms with van der Waals surface area (Å²) in [6, 6.07) is 2.19. The second kappa shape index (κ2) is 7.85. The average molecular weight is 347 g/mol. The Bertz CT molecular complexity index is 558. The number of morpholine rings is 1. The van der Waals surface area contributed by atoms with Gasteiger partial charge >= 0.3 is 0 Å². The monoisotopic (exact) mass is 347 g/mol. The molecule has 0 spiro atoms. The number of amides is 1. The summed E-state index contributed by atoms with van der Waals surface area (Å²) in [5, 5.41) is 6.69. The lowest BCUT2D eigenvalue weighted by atomic mass is 10.0. The van der Waals surface area contributed by atoms with E-state index in [0.29, 0.717) is 11.7 Å². The fraction of sp³-hybridized carbons (Fsp3) is 0.778. The number of hydrogen-bond acceptors (Lipinski definition) is 5. The summed E-state index contributed by atoms with van der Waals surface area (Å²) in [7, 11) is 0. The minimum Gasteiger partial charge on any atom is -0.375 e. The molecule has 2 atom stereocenters. The van der Waals surface area contributed by atoms with Gasteiger partial charge in [-0.2, -0.15) is 5.10 Å². The van der Waals surface area contributed by atoms with Crippen molar-refractivity contribution < 1.29 is 9.53 Å². The van der Waals surface area contributed by atoms with Crippen molar-refractivity contribution >= 4 is 5.91 Å². The van der Waals surface area contributed by atoms with E-state index >= 15 is 0 Å². The highest BCUT2D eigenvalue weighted by Gasteiger charge is 2.36. The molecular formula is C18H29N5O2. The maximum absolute atomic E-state index is 12.6. The molecule has 7 nitrogen and oxygen atoms in total. The quantitative estimate of drug-likeness (QED) is 0.873. The molecule has 7 heteroatoms. The molecule has 1 aromatic heterocycles. The van der Waals surface area contributed by atoms with Crippen molar-refractivity contribution in [3.63, 3.8) is 0 Å². The standard InChI is InChI=1S/C18H29N5O2/c24-18(15-3-6-19-20-15)23-9-4-16-17(5-10-23)25-14-13-22(16)12-11-21-7-1-2-8-21/h3,6,16-17H,1-2,4-5,7-14H2,(H,19,20)/t16-,17-/m1/s1. The van der Waals surface area contributed by atoms with Gasteiger partial charge in [-0.15, -0.1) is 0 Å². The van der Waals surface area contributed by atoms with Crippen molar-refractivity contribution in [2.24, 2.45) is 0 Å². The number of nitrogens with one attached hydrogen (secondary N) is 1. The zero-order valence-corrected chi connectivity index (χ0v) is 14.9. The average Bonchev–Trinajstić information content (AvgIpc) is 3.30. The molecule has 4 rings (SSSR count). The molecule has 3 aliphatic rings. The zero-order valence-electron chi connectivity index (χ0n) is 14.9. The summed E-state index contributed by atoms with van der Waals surface area (Å²) in [4.78, 5) is 19.7. The summed E-state index contributed by atoms with van der Waals surface area (Å²) in [5.74, 6) is 0.0553.